The lowest BCUT2D eigenvalue weighted by atomic mass is 9.65. The summed E-state index contributed by atoms with van der Waals surface area (Å²) < 4.78 is 5.93. The maximum Gasteiger partial charge on any atom is 0.136 e. The van der Waals surface area contributed by atoms with Crippen molar-refractivity contribution in [1.82, 2.24) is 0 Å². The van der Waals surface area contributed by atoms with Crippen molar-refractivity contribution >= 4 is 5.78 Å². The van der Waals surface area contributed by atoms with Gasteiger partial charge in [0.1, 0.15) is 5.78 Å². The van der Waals surface area contributed by atoms with Crippen LogP contribution in [0.4, 0.5) is 0 Å². The SMILES string of the molecule is O=C1C[C@@H]2C[C@@]3(CCCC[C@@H]3O2)C1. The Balaban J connectivity index is 1.92. The van der Waals surface area contributed by atoms with Gasteiger partial charge in [0.05, 0.1) is 12.2 Å². The minimum Gasteiger partial charge on any atom is -0.374 e. The van der Waals surface area contributed by atoms with Gasteiger partial charge in [-0.15, -0.1) is 0 Å². The summed E-state index contributed by atoms with van der Waals surface area (Å²) in [5.41, 5.74) is 0.290. The Kier molecular flexibility index (Phi) is 1.58. The Morgan fingerprint density at radius 2 is 2.31 bits per heavy atom. The van der Waals surface area contributed by atoms with E-state index in [1.807, 2.05) is 0 Å². The van der Waals surface area contributed by atoms with E-state index >= 15 is 0 Å². The van der Waals surface area contributed by atoms with E-state index in [0.717, 1.165) is 6.42 Å². The number of fused-ring (bicyclic) bond motifs is 1. The largest absolute Gasteiger partial charge is 0.374 e. The average molecular weight is 180 g/mol. The van der Waals surface area contributed by atoms with Crippen LogP contribution < -0.4 is 0 Å². The van der Waals surface area contributed by atoms with Gasteiger partial charge in [-0.2, -0.15) is 0 Å². The third-order valence-electron chi connectivity index (χ3n) is 4.07. The first-order valence-electron chi connectivity index (χ1n) is 5.46. The first-order valence-corrected chi connectivity index (χ1v) is 5.46. The van der Waals surface area contributed by atoms with Gasteiger partial charge in [-0.25, -0.2) is 0 Å². The molecule has 3 atom stereocenters. The van der Waals surface area contributed by atoms with Gasteiger partial charge in [0.15, 0.2) is 0 Å². The van der Waals surface area contributed by atoms with Crippen LogP contribution in [0.5, 0.6) is 0 Å². The number of ether oxygens (including phenoxy) is 1. The smallest absolute Gasteiger partial charge is 0.136 e. The van der Waals surface area contributed by atoms with E-state index in [-0.39, 0.29) is 11.5 Å². The van der Waals surface area contributed by atoms with Gasteiger partial charge >= 0.3 is 0 Å². The van der Waals surface area contributed by atoms with Crippen molar-refractivity contribution in [2.45, 2.75) is 57.2 Å². The first kappa shape index (κ1) is 7.98. The molecule has 2 saturated carbocycles. The predicted octanol–water partition coefficient (Wildman–Crippen LogP) is 2.07. The first-order chi connectivity index (χ1) is 6.28. The van der Waals surface area contributed by atoms with Gasteiger partial charge < -0.3 is 4.74 Å². The molecule has 2 nitrogen and oxygen atoms in total. The summed E-state index contributed by atoms with van der Waals surface area (Å²) in [5.74, 6) is 0.445. The predicted molar refractivity (Wildman–Crippen MR) is 48.4 cm³/mol. The molecule has 72 valence electrons. The maximum absolute atomic E-state index is 11.5. The van der Waals surface area contributed by atoms with Crippen LogP contribution >= 0.6 is 0 Å². The molecule has 1 saturated heterocycles. The lowest BCUT2D eigenvalue weighted by molar-refractivity contribution is -0.123. The Labute approximate surface area is 78.6 Å². The molecule has 0 radical (unpaired) electrons. The zero-order valence-electron chi connectivity index (χ0n) is 7.92. The highest BCUT2D eigenvalue weighted by molar-refractivity contribution is 5.81. The van der Waals surface area contributed by atoms with Gasteiger partial charge in [-0.1, -0.05) is 12.8 Å². The van der Waals surface area contributed by atoms with E-state index in [2.05, 4.69) is 0 Å². The lowest BCUT2D eigenvalue weighted by Gasteiger charge is -2.38. The molecule has 0 aromatic carbocycles. The molecule has 1 spiro atoms. The topological polar surface area (TPSA) is 26.3 Å². The van der Waals surface area contributed by atoms with Crippen LogP contribution in [0.1, 0.15) is 44.9 Å². The Morgan fingerprint density at radius 1 is 1.38 bits per heavy atom. The van der Waals surface area contributed by atoms with Crippen molar-refractivity contribution in [2.24, 2.45) is 5.41 Å². The minimum absolute atomic E-state index is 0.282. The molecule has 13 heavy (non-hydrogen) atoms. The zero-order chi connectivity index (χ0) is 8.89. The standard InChI is InChI=1S/C11H16O2/c12-8-5-9-7-11(6-8)4-2-1-3-10(11)13-9/h9-10H,1-7H2/t9-,10+,11-/m1/s1. The second-order valence-corrected chi connectivity index (χ2v) is 4.98. The van der Waals surface area contributed by atoms with Gasteiger partial charge in [-0.3, -0.25) is 4.79 Å². The molecule has 3 rings (SSSR count). The fourth-order valence-electron chi connectivity index (χ4n) is 3.57. The van der Waals surface area contributed by atoms with E-state index < -0.39 is 0 Å². The highest BCUT2D eigenvalue weighted by Gasteiger charge is 2.53. The molecule has 2 aliphatic carbocycles. The number of carbonyl (C=O) groups excluding carboxylic acids is 1. The minimum atomic E-state index is 0.282. The molecule has 3 aliphatic rings. The number of carbonyl (C=O) groups is 1. The maximum atomic E-state index is 11.5. The Bertz CT molecular complexity index is 248. The van der Waals surface area contributed by atoms with E-state index in [9.17, 15) is 4.79 Å². The van der Waals surface area contributed by atoms with Gasteiger partial charge in [0.2, 0.25) is 0 Å². The van der Waals surface area contributed by atoms with Crippen LogP contribution in [0.25, 0.3) is 0 Å². The molecule has 0 aromatic rings. The quantitative estimate of drug-likeness (QED) is 0.570. The summed E-state index contributed by atoms with van der Waals surface area (Å²) >= 11 is 0. The van der Waals surface area contributed by atoms with Gasteiger partial charge in [0.25, 0.3) is 0 Å². The fourth-order valence-corrected chi connectivity index (χ4v) is 3.57. The van der Waals surface area contributed by atoms with Crippen LogP contribution in [0.15, 0.2) is 0 Å². The molecular formula is C11H16O2. The van der Waals surface area contributed by atoms with Crippen molar-refractivity contribution in [3.8, 4) is 0 Å². The van der Waals surface area contributed by atoms with Crippen LogP contribution in [-0.2, 0) is 9.53 Å². The molecule has 1 aliphatic heterocycles. The number of hydrogen-bond donors (Lipinski definition) is 0. The number of rotatable bonds is 0. The molecule has 1 heterocycles. The van der Waals surface area contributed by atoms with E-state index in [0.29, 0.717) is 18.3 Å². The fraction of sp³-hybridized carbons (Fsp3) is 0.909. The second-order valence-electron chi connectivity index (χ2n) is 4.98. The van der Waals surface area contributed by atoms with Crippen molar-refractivity contribution in [3.05, 3.63) is 0 Å². The molecule has 0 aromatic heterocycles. The van der Waals surface area contributed by atoms with E-state index in [1.54, 1.807) is 0 Å². The Morgan fingerprint density at radius 3 is 3.23 bits per heavy atom. The molecule has 0 unspecified atom stereocenters. The van der Waals surface area contributed by atoms with Crippen LogP contribution in [-0.4, -0.2) is 18.0 Å². The van der Waals surface area contributed by atoms with E-state index in [1.165, 1.54) is 32.1 Å². The highest BCUT2D eigenvalue weighted by Crippen LogP contribution is 2.53. The normalized spacial score (nSPS) is 49.1. The Hall–Kier alpha value is -0.370. The molecule has 0 amide bonds. The highest BCUT2D eigenvalue weighted by atomic mass is 16.5. The summed E-state index contributed by atoms with van der Waals surface area (Å²) in [6, 6.07) is 0. The summed E-state index contributed by atoms with van der Waals surface area (Å²) in [6.07, 6.45) is 8.43. The van der Waals surface area contributed by atoms with Gasteiger partial charge in [0, 0.05) is 18.3 Å². The average Bonchev–Trinajstić information content (AvgIpc) is 2.34. The van der Waals surface area contributed by atoms with Crippen LogP contribution in [0, 0.1) is 5.41 Å². The van der Waals surface area contributed by atoms with Gasteiger partial charge in [-0.05, 0) is 19.3 Å². The van der Waals surface area contributed by atoms with Crippen LogP contribution in [0.2, 0.25) is 0 Å². The molecular weight excluding hydrogens is 164 g/mol. The molecule has 0 N–H and O–H groups in total. The summed E-state index contributed by atoms with van der Waals surface area (Å²) in [7, 11) is 0. The summed E-state index contributed by atoms with van der Waals surface area (Å²) in [6.45, 7) is 0. The summed E-state index contributed by atoms with van der Waals surface area (Å²) in [4.78, 5) is 11.5. The lowest BCUT2D eigenvalue weighted by Crippen LogP contribution is -2.37. The van der Waals surface area contributed by atoms with Crippen LogP contribution in [0.3, 0.4) is 0 Å². The third-order valence-corrected chi connectivity index (χ3v) is 4.07. The van der Waals surface area contributed by atoms with Crippen molar-refractivity contribution < 1.29 is 9.53 Å². The van der Waals surface area contributed by atoms with Crippen molar-refractivity contribution in [1.29, 1.82) is 0 Å². The van der Waals surface area contributed by atoms with Crippen molar-refractivity contribution in [3.63, 3.8) is 0 Å². The monoisotopic (exact) mass is 180 g/mol. The molecule has 2 heteroatoms. The zero-order valence-corrected chi connectivity index (χ0v) is 7.92. The third kappa shape index (κ3) is 1.08. The number of Topliss-reactive ketones (excluding diaryl/α,β-unsaturated/α-hetero) is 1. The van der Waals surface area contributed by atoms with Crippen molar-refractivity contribution in [2.75, 3.05) is 0 Å². The summed E-state index contributed by atoms with van der Waals surface area (Å²) in [5, 5.41) is 0. The number of hydrogen-bond acceptors (Lipinski definition) is 2. The van der Waals surface area contributed by atoms with E-state index in [4.69, 9.17) is 4.74 Å². The number of ketones is 1. The molecule has 2 bridgehead atoms. The second kappa shape index (κ2) is 2.57. The molecule has 3 fully saturated rings.